The van der Waals surface area contributed by atoms with E-state index in [1.165, 1.54) is 6.21 Å². The van der Waals surface area contributed by atoms with Crippen molar-refractivity contribution in [3.8, 4) is 22.6 Å². The van der Waals surface area contributed by atoms with Crippen LogP contribution < -0.4 is 14.9 Å². The Balaban J connectivity index is 1.39. The molecular formula is C31H21Cl4N3O4. The highest BCUT2D eigenvalue weighted by molar-refractivity contribution is 6.41. The molecule has 1 aromatic heterocycles. The van der Waals surface area contributed by atoms with E-state index < -0.39 is 11.9 Å². The number of hydrazone groups is 1. The van der Waals surface area contributed by atoms with Crippen molar-refractivity contribution in [2.24, 2.45) is 5.10 Å². The van der Waals surface area contributed by atoms with E-state index in [-0.39, 0.29) is 11.4 Å². The van der Waals surface area contributed by atoms with Gasteiger partial charge in [0, 0.05) is 37.1 Å². The molecule has 7 nitrogen and oxygen atoms in total. The zero-order valence-corrected chi connectivity index (χ0v) is 24.9. The summed E-state index contributed by atoms with van der Waals surface area (Å²) in [5.41, 5.74) is 5.39. The average molecular weight is 641 g/mol. The standard InChI is InChI=1S/C31H21Cl4N3O4/c1-2-41-26-13-17(7-12-25(26)42-31(40)18-8-10-19(32)11-9-18)16-36-38-30(39)29-27(21-5-3-4-6-22(21)34)28-23(35)14-20(33)15-24(28)37-29/h3-16,37H,2H2,1H3,(H,38,39). The second-order valence-corrected chi connectivity index (χ2v) is 10.6. The van der Waals surface area contributed by atoms with E-state index in [1.54, 1.807) is 72.8 Å². The number of carbonyl (C=O) groups is 2. The number of H-pyrrole nitrogens is 1. The fraction of sp³-hybridized carbons (Fsp3) is 0.0645. The van der Waals surface area contributed by atoms with Gasteiger partial charge in [0.1, 0.15) is 5.69 Å². The van der Waals surface area contributed by atoms with Gasteiger partial charge in [0.25, 0.3) is 5.91 Å². The molecule has 0 unspecified atom stereocenters. The van der Waals surface area contributed by atoms with E-state index in [0.717, 1.165) is 0 Å². The van der Waals surface area contributed by atoms with Crippen molar-refractivity contribution in [2.75, 3.05) is 6.61 Å². The predicted octanol–water partition coefficient (Wildman–Crippen LogP) is 8.83. The fourth-order valence-corrected chi connectivity index (χ4v) is 5.22. The smallest absolute Gasteiger partial charge is 0.343 e. The quantitative estimate of drug-likeness (QED) is 0.0767. The molecule has 11 heteroatoms. The first-order chi connectivity index (χ1) is 20.2. The van der Waals surface area contributed by atoms with Gasteiger partial charge in [-0.2, -0.15) is 5.10 Å². The second-order valence-electron chi connectivity index (χ2n) is 8.90. The topological polar surface area (TPSA) is 92.8 Å². The Kier molecular flexibility index (Phi) is 9.04. The van der Waals surface area contributed by atoms with Gasteiger partial charge >= 0.3 is 5.97 Å². The average Bonchev–Trinajstić information content (AvgIpc) is 3.34. The molecule has 1 amide bonds. The number of halogens is 4. The molecule has 0 spiro atoms. The normalized spacial score (nSPS) is 11.2. The molecule has 0 bridgehead atoms. The number of nitrogens with one attached hydrogen (secondary N) is 2. The van der Waals surface area contributed by atoms with Gasteiger partial charge in [-0.05, 0) is 73.2 Å². The molecule has 212 valence electrons. The molecule has 0 radical (unpaired) electrons. The van der Waals surface area contributed by atoms with Crippen molar-refractivity contribution in [3.05, 3.63) is 116 Å². The number of amides is 1. The number of nitrogens with zero attached hydrogens (tertiary/aromatic N) is 1. The van der Waals surface area contributed by atoms with Gasteiger partial charge in [0.15, 0.2) is 11.5 Å². The molecule has 42 heavy (non-hydrogen) atoms. The lowest BCUT2D eigenvalue weighted by Crippen LogP contribution is -2.19. The fourth-order valence-electron chi connectivity index (χ4n) is 4.28. The highest BCUT2D eigenvalue weighted by atomic mass is 35.5. The monoisotopic (exact) mass is 639 g/mol. The summed E-state index contributed by atoms with van der Waals surface area (Å²) >= 11 is 25.1. The van der Waals surface area contributed by atoms with E-state index in [2.05, 4.69) is 15.5 Å². The maximum Gasteiger partial charge on any atom is 0.343 e. The Bertz CT molecular complexity index is 1830. The van der Waals surface area contributed by atoms with Crippen LogP contribution in [0.1, 0.15) is 33.3 Å². The number of esters is 1. The molecule has 0 aliphatic heterocycles. The molecule has 0 aliphatic rings. The van der Waals surface area contributed by atoms with Crippen LogP contribution in [0.15, 0.2) is 84.0 Å². The van der Waals surface area contributed by atoms with Crippen molar-refractivity contribution in [1.29, 1.82) is 0 Å². The van der Waals surface area contributed by atoms with Crippen LogP contribution in [0, 0.1) is 0 Å². The van der Waals surface area contributed by atoms with Crippen molar-refractivity contribution in [1.82, 2.24) is 10.4 Å². The molecule has 4 aromatic carbocycles. The van der Waals surface area contributed by atoms with Crippen molar-refractivity contribution in [3.63, 3.8) is 0 Å². The Labute approximate surface area is 260 Å². The third-order valence-electron chi connectivity index (χ3n) is 6.11. The SMILES string of the molecule is CCOc1cc(C=NNC(=O)c2[nH]c3cc(Cl)cc(Cl)c3c2-c2ccccc2Cl)ccc1OC(=O)c1ccc(Cl)cc1. The predicted molar refractivity (Wildman–Crippen MR) is 168 cm³/mol. The number of carbonyl (C=O) groups excluding carboxylic acids is 2. The third-order valence-corrected chi connectivity index (χ3v) is 7.21. The molecular weight excluding hydrogens is 620 g/mol. The maximum atomic E-state index is 13.3. The third kappa shape index (κ3) is 6.40. The molecule has 0 aliphatic carbocycles. The zero-order valence-electron chi connectivity index (χ0n) is 21.9. The van der Waals surface area contributed by atoms with Gasteiger partial charge in [0.2, 0.25) is 0 Å². The number of hydrogen-bond donors (Lipinski definition) is 2. The molecule has 5 rings (SSSR count). The lowest BCUT2D eigenvalue weighted by molar-refractivity contribution is 0.0728. The van der Waals surface area contributed by atoms with Crippen LogP contribution in [0.5, 0.6) is 11.5 Å². The van der Waals surface area contributed by atoms with Crippen LogP contribution in [0.2, 0.25) is 20.1 Å². The van der Waals surface area contributed by atoms with Gasteiger partial charge < -0.3 is 14.5 Å². The van der Waals surface area contributed by atoms with Gasteiger partial charge in [-0.1, -0.05) is 64.6 Å². The molecule has 5 aromatic rings. The first kappa shape index (κ1) is 29.5. The minimum absolute atomic E-state index is 0.207. The van der Waals surface area contributed by atoms with Gasteiger partial charge in [-0.25, -0.2) is 10.2 Å². The number of fused-ring (bicyclic) bond motifs is 1. The van der Waals surface area contributed by atoms with Gasteiger partial charge in [-0.15, -0.1) is 0 Å². The summed E-state index contributed by atoms with van der Waals surface area (Å²) in [7, 11) is 0. The first-order valence-electron chi connectivity index (χ1n) is 12.6. The maximum absolute atomic E-state index is 13.3. The summed E-state index contributed by atoms with van der Waals surface area (Å²) in [6, 6.07) is 21.7. The Morgan fingerprint density at radius 1 is 0.881 bits per heavy atom. The summed E-state index contributed by atoms with van der Waals surface area (Å²) in [5, 5.41) is 6.46. The number of aromatic nitrogens is 1. The first-order valence-corrected chi connectivity index (χ1v) is 14.1. The van der Waals surface area contributed by atoms with Crippen LogP contribution in [0.25, 0.3) is 22.0 Å². The minimum Gasteiger partial charge on any atom is -0.490 e. The molecule has 0 saturated carbocycles. The van der Waals surface area contributed by atoms with Crippen LogP contribution >= 0.6 is 46.4 Å². The summed E-state index contributed by atoms with van der Waals surface area (Å²) in [6.45, 7) is 2.14. The number of rotatable bonds is 8. The van der Waals surface area contributed by atoms with Crippen LogP contribution in [0.4, 0.5) is 0 Å². The molecule has 0 saturated heterocycles. The number of benzene rings is 4. The Hall–Kier alpha value is -4.01. The van der Waals surface area contributed by atoms with E-state index in [0.29, 0.717) is 65.6 Å². The lowest BCUT2D eigenvalue weighted by atomic mass is 10.0. The Morgan fingerprint density at radius 2 is 1.64 bits per heavy atom. The zero-order chi connectivity index (χ0) is 29.8. The highest BCUT2D eigenvalue weighted by Gasteiger charge is 2.23. The van der Waals surface area contributed by atoms with E-state index in [4.69, 9.17) is 55.9 Å². The van der Waals surface area contributed by atoms with Crippen LogP contribution in [0.3, 0.4) is 0 Å². The van der Waals surface area contributed by atoms with E-state index in [9.17, 15) is 9.59 Å². The molecule has 2 N–H and O–H groups in total. The summed E-state index contributed by atoms with van der Waals surface area (Å²) in [6.07, 6.45) is 1.44. The number of aromatic amines is 1. The van der Waals surface area contributed by atoms with Crippen molar-refractivity contribution in [2.45, 2.75) is 6.92 Å². The van der Waals surface area contributed by atoms with E-state index >= 15 is 0 Å². The Morgan fingerprint density at radius 3 is 2.38 bits per heavy atom. The number of hydrogen-bond acceptors (Lipinski definition) is 5. The summed E-state index contributed by atoms with van der Waals surface area (Å²) in [4.78, 5) is 29.0. The van der Waals surface area contributed by atoms with E-state index in [1.807, 2.05) is 13.0 Å². The van der Waals surface area contributed by atoms with Crippen molar-refractivity contribution >= 4 is 75.4 Å². The minimum atomic E-state index is -0.560. The highest BCUT2D eigenvalue weighted by Crippen LogP contribution is 2.41. The second kappa shape index (κ2) is 12.9. The molecule has 0 atom stereocenters. The summed E-state index contributed by atoms with van der Waals surface area (Å²) < 4.78 is 11.2. The lowest BCUT2D eigenvalue weighted by Gasteiger charge is -2.11. The molecule has 1 heterocycles. The van der Waals surface area contributed by atoms with Crippen LogP contribution in [-0.2, 0) is 0 Å². The summed E-state index contributed by atoms with van der Waals surface area (Å²) in [5.74, 6) is -0.521. The largest absolute Gasteiger partial charge is 0.490 e. The van der Waals surface area contributed by atoms with Crippen molar-refractivity contribution < 1.29 is 19.1 Å². The van der Waals surface area contributed by atoms with Gasteiger partial charge in [0.05, 0.1) is 23.4 Å². The van der Waals surface area contributed by atoms with Gasteiger partial charge in [-0.3, -0.25) is 4.79 Å². The van der Waals surface area contributed by atoms with Crippen LogP contribution in [-0.4, -0.2) is 29.7 Å². The molecule has 0 fully saturated rings. The number of ether oxygens (including phenoxy) is 2.